The minimum Gasteiger partial charge on any atom is -0.381 e. The topological polar surface area (TPSA) is 46.2 Å². The molecule has 0 bridgehead atoms. The zero-order chi connectivity index (χ0) is 25.6. The quantitative estimate of drug-likeness (QED) is 0.131. The number of ether oxygens (including phenoxy) is 5. The van der Waals surface area contributed by atoms with Gasteiger partial charge in [0.25, 0.3) is 0 Å². The molecule has 5 nitrogen and oxygen atoms in total. The highest BCUT2D eigenvalue weighted by Crippen LogP contribution is 2.11. The number of hydrogen-bond acceptors (Lipinski definition) is 5. The summed E-state index contributed by atoms with van der Waals surface area (Å²) in [4.78, 5) is 0. The van der Waals surface area contributed by atoms with E-state index < -0.39 is 0 Å². The van der Waals surface area contributed by atoms with Gasteiger partial charge >= 0.3 is 0 Å². The third kappa shape index (κ3) is 22.3. The molecular formula is C29H60O5. The molecule has 0 aliphatic rings. The van der Waals surface area contributed by atoms with E-state index in [2.05, 4.69) is 55.4 Å². The van der Waals surface area contributed by atoms with Crippen LogP contribution in [0, 0.1) is 35.5 Å². The highest BCUT2D eigenvalue weighted by atomic mass is 16.5. The van der Waals surface area contributed by atoms with Crippen molar-refractivity contribution in [3.8, 4) is 0 Å². The Labute approximate surface area is 213 Å². The molecule has 0 aliphatic heterocycles. The fraction of sp³-hybridized carbons (Fsp3) is 1.00. The van der Waals surface area contributed by atoms with E-state index in [0.29, 0.717) is 29.6 Å². The van der Waals surface area contributed by atoms with Crippen molar-refractivity contribution in [3.05, 3.63) is 0 Å². The lowest BCUT2D eigenvalue weighted by molar-refractivity contribution is -0.00380. The fourth-order valence-corrected chi connectivity index (χ4v) is 3.53. The molecule has 6 atom stereocenters. The van der Waals surface area contributed by atoms with E-state index in [9.17, 15) is 0 Å². The van der Waals surface area contributed by atoms with Crippen LogP contribution in [0.3, 0.4) is 0 Å². The lowest BCUT2D eigenvalue weighted by Gasteiger charge is -2.18. The maximum atomic E-state index is 5.90. The normalized spacial score (nSPS) is 17.3. The summed E-state index contributed by atoms with van der Waals surface area (Å²) in [6, 6.07) is 0. The van der Waals surface area contributed by atoms with E-state index in [-0.39, 0.29) is 0 Å². The van der Waals surface area contributed by atoms with Crippen molar-refractivity contribution in [1.82, 2.24) is 0 Å². The van der Waals surface area contributed by atoms with Gasteiger partial charge in [-0.2, -0.15) is 0 Å². The van der Waals surface area contributed by atoms with Crippen molar-refractivity contribution in [2.75, 3.05) is 66.1 Å². The Morgan fingerprint density at radius 3 is 1.15 bits per heavy atom. The van der Waals surface area contributed by atoms with Gasteiger partial charge in [-0.05, 0) is 30.6 Å². The first-order chi connectivity index (χ1) is 16.3. The summed E-state index contributed by atoms with van der Waals surface area (Å²) >= 11 is 0. The predicted molar refractivity (Wildman–Crippen MR) is 144 cm³/mol. The van der Waals surface area contributed by atoms with Gasteiger partial charge in [0.15, 0.2) is 0 Å². The van der Waals surface area contributed by atoms with E-state index in [1.165, 1.54) is 19.3 Å². The van der Waals surface area contributed by atoms with Gasteiger partial charge in [0, 0.05) is 44.2 Å². The number of rotatable bonds is 25. The van der Waals surface area contributed by atoms with E-state index in [0.717, 1.165) is 84.8 Å². The summed E-state index contributed by atoms with van der Waals surface area (Å²) in [6.45, 7) is 25.6. The standard InChI is InChI=1S/C29H60O5/c1-9-11-25(4)12-14-31-18-27(6)19-33-22-29(8)23-34-21-28(7)20-32-17-26(5)13-15-30-16-24(3)10-2/h24-29H,9-23H2,1-8H3. The molecule has 0 rings (SSSR count). The van der Waals surface area contributed by atoms with Crippen molar-refractivity contribution >= 4 is 0 Å². The number of hydrogen-bond donors (Lipinski definition) is 0. The average molecular weight is 489 g/mol. The molecule has 0 aliphatic carbocycles. The molecule has 0 N–H and O–H groups in total. The fourth-order valence-electron chi connectivity index (χ4n) is 3.53. The first-order valence-electron chi connectivity index (χ1n) is 14.2. The highest BCUT2D eigenvalue weighted by molar-refractivity contribution is 4.57. The van der Waals surface area contributed by atoms with Gasteiger partial charge in [0.2, 0.25) is 0 Å². The van der Waals surface area contributed by atoms with Gasteiger partial charge in [-0.3, -0.25) is 0 Å². The summed E-state index contributed by atoms with van der Waals surface area (Å²) < 4.78 is 29.3. The first kappa shape index (κ1) is 33.8. The van der Waals surface area contributed by atoms with Gasteiger partial charge in [0.05, 0.1) is 39.6 Å². The summed E-state index contributed by atoms with van der Waals surface area (Å²) in [7, 11) is 0. The van der Waals surface area contributed by atoms with Crippen molar-refractivity contribution in [2.24, 2.45) is 35.5 Å². The molecule has 0 saturated heterocycles. The Morgan fingerprint density at radius 2 is 0.735 bits per heavy atom. The Bertz CT molecular complexity index is 419. The largest absolute Gasteiger partial charge is 0.381 e. The van der Waals surface area contributed by atoms with Crippen LogP contribution in [0.5, 0.6) is 0 Å². The SMILES string of the molecule is CCCC(C)CCOCC(C)COCC(C)COCC(C)COCC(C)CCOCC(C)CC. The molecular weight excluding hydrogens is 428 g/mol. The zero-order valence-corrected chi connectivity index (χ0v) is 24.1. The smallest absolute Gasteiger partial charge is 0.0513 e. The molecule has 0 aromatic carbocycles. The summed E-state index contributed by atoms with van der Waals surface area (Å²) in [5.74, 6) is 3.17. The van der Waals surface area contributed by atoms with Crippen molar-refractivity contribution in [2.45, 2.75) is 87.5 Å². The van der Waals surface area contributed by atoms with Crippen LogP contribution in [0.15, 0.2) is 0 Å². The van der Waals surface area contributed by atoms with Gasteiger partial charge in [-0.15, -0.1) is 0 Å². The molecule has 5 heteroatoms. The molecule has 0 spiro atoms. The Balaban J connectivity index is 3.59. The second kappa shape index (κ2) is 23.2. The minimum absolute atomic E-state index is 0.395. The van der Waals surface area contributed by atoms with Crippen LogP contribution >= 0.6 is 0 Å². The maximum absolute atomic E-state index is 5.90. The van der Waals surface area contributed by atoms with Gasteiger partial charge in [-0.25, -0.2) is 0 Å². The van der Waals surface area contributed by atoms with Crippen LogP contribution in [0.1, 0.15) is 87.5 Å². The molecule has 6 unspecified atom stereocenters. The molecule has 0 amide bonds. The third-order valence-corrected chi connectivity index (χ3v) is 6.21. The van der Waals surface area contributed by atoms with Crippen LogP contribution in [0.2, 0.25) is 0 Å². The second-order valence-electron chi connectivity index (χ2n) is 11.2. The van der Waals surface area contributed by atoms with Gasteiger partial charge in [0.1, 0.15) is 0 Å². The van der Waals surface area contributed by atoms with E-state index >= 15 is 0 Å². The van der Waals surface area contributed by atoms with Crippen LogP contribution in [-0.2, 0) is 23.7 Å². The second-order valence-corrected chi connectivity index (χ2v) is 11.2. The molecule has 0 aromatic rings. The minimum atomic E-state index is 0.395. The first-order valence-corrected chi connectivity index (χ1v) is 14.2. The molecule has 34 heavy (non-hydrogen) atoms. The summed E-state index contributed by atoms with van der Waals surface area (Å²) in [5, 5.41) is 0. The average Bonchev–Trinajstić information content (AvgIpc) is 2.79. The maximum Gasteiger partial charge on any atom is 0.0513 e. The molecule has 0 heterocycles. The Hall–Kier alpha value is -0.200. The van der Waals surface area contributed by atoms with E-state index in [1.807, 2.05) is 0 Å². The molecule has 0 radical (unpaired) electrons. The summed E-state index contributed by atoms with van der Waals surface area (Å²) in [5.41, 5.74) is 0. The van der Waals surface area contributed by atoms with Crippen LogP contribution in [0.4, 0.5) is 0 Å². The lowest BCUT2D eigenvalue weighted by atomic mass is 10.0. The van der Waals surface area contributed by atoms with Crippen LogP contribution in [-0.4, -0.2) is 66.1 Å². The van der Waals surface area contributed by atoms with Gasteiger partial charge in [-0.1, -0.05) is 74.7 Å². The third-order valence-electron chi connectivity index (χ3n) is 6.21. The van der Waals surface area contributed by atoms with E-state index in [4.69, 9.17) is 23.7 Å². The predicted octanol–water partition coefficient (Wildman–Crippen LogP) is 6.88. The van der Waals surface area contributed by atoms with Crippen molar-refractivity contribution in [3.63, 3.8) is 0 Å². The monoisotopic (exact) mass is 488 g/mol. The molecule has 0 saturated carbocycles. The van der Waals surface area contributed by atoms with E-state index in [1.54, 1.807) is 0 Å². The van der Waals surface area contributed by atoms with Crippen LogP contribution in [0.25, 0.3) is 0 Å². The Kier molecular flexibility index (Phi) is 23.1. The summed E-state index contributed by atoms with van der Waals surface area (Å²) in [6.07, 6.45) is 5.95. The van der Waals surface area contributed by atoms with Crippen molar-refractivity contribution in [1.29, 1.82) is 0 Å². The highest BCUT2D eigenvalue weighted by Gasteiger charge is 2.10. The Morgan fingerprint density at radius 1 is 0.382 bits per heavy atom. The lowest BCUT2D eigenvalue weighted by Crippen LogP contribution is -2.21. The molecule has 206 valence electrons. The zero-order valence-electron chi connectivity index (χ0n) is 24.1. The van der Waals surface area contributed by atoms with Crippen LogP contribution < -0.4 is 0 Å². The molecule has 0 aromatic heterocycles. The van der Waals surface area contributed by atoms with Crippen molar-refractivity contribution < 1.29 is 23.7 Å². The molecule has 0 fully saturated rings. The van der Waals surface area contributed by atoms with Gasteiger partial charge < -0.3 is 23.7 Å².